The molecule has 1 aliphatic heterocycles. The lowest BCUT2D eigenvalue weighted by Crippen LogP contribution is -2.51. The number of rotatable bonds is 4. The molecule has 1 saturated carbocycles. The maximum Gasteiger partial charge on any atom is 0.132 e. The van der Waals surface area contributed by atoms with Gasteiger partial charge in [0.1, 0.15) is 29.2 Å². The number of nitrogens with one attached hydrogen (secondary N) is 1. The Morgan fingerprint density at radius 1 is 1.24 bits per heavy atom. The predicted molar refractivity (Wildman–Crippen MR) is 93.6 cm³/mol. The molecule has 0 atom stereocenters. The van der Waals surface area contributed by atoms with Crippen molar-refractivity contribution in [3.63, 3.8) is 0 Å². The molecule has 2 aliphatic rings. The Morgan fingerprint density at radius 3 is 2.84 bits per heavy atom. The monoisotopic (exact) mass is 337 g/mol. The van der Waals surface area contributed by atoms with E-state index in [1.165, 1.54) is 0 Å². The fraction of sp³-hybridized carbons (Fsp3) is 0.389. The number of aromatic nitrogens is 4. The van der Waals surface area contributed by atoms with Gasteiger partial charge in [-0.3, -0.25) is 5.10 Å². The van der Waals surface area contributed by atoms with Crippen molar-refractivity contribution in [3.8, 4) is 17.1 Å². The summed E-state index contributed by atoms with van der Waals surface area (Å²) in [6.45, 7) is 3.34. The van der Waals surface area contributed by atoms with Crippen molar-refractivity contribution < 1.29 is 9.84 Å². The van der Waals surface area contributed by atoms with Gasteiger partial charge in [0, 0.05) is 24.5 Å². The Kier molecular flexibility index (Phi) is 3.03. The molecule has 128 valence electrons. The number of aliphatic hydroxyl groups excluding tert-OH is 1. The molecule has 1 saturated heterocycles. The Morgan fingerprint density at radius 2 is 2.08 bits per heavy atom. The van der Waals surface area contributed by atoms with Crippen LogP contribution in [0.4, 0.5) is 5.82 Å². The molecule has 5 rings (SSSR count). The van der Waals surface area contributed by atoms with Crippen LogP contribution in [0.3, 0.4) is 0 Å². The summed E-state index contributed by atoms with van der Waals surface area (Å²) in [4.78, 5) is 10.7. The van der Waals surface area contributed by atoms with Crippen LogP contribution in [0.15, 0.2) is 30.6 Å². The van der Waals surface area contributed by atoms with Crippen molar-refractivity contribution in [3.05, 3.63) is 30.6 Å². The first-order valence-electron chi connectivity index (χ1n) is 8.52. The summed E-state index contributed by atoms with van der Waals surface area (Å²) in [5.41, 5.74) is 2.47. The van der Waals surface area contributed by atoms with Gasteiger partial charge < -0.3 is 14.7 Å². The second-order valence-electron chi connectivity index (χ2n) is 7.15. The van der Waals surface area contributed by atoms with Gasteiger partial charge in [-0.05, 0) is 38.0 Å². The summed E-state index contributed by atoms with van der Waals surface area (Å²) in [7, 11) is 0. The van der Waals surface area contributed by atoms with Gasteiger partial charge in [-0.1, -0.05) is 0 Å². The number of anilines is 1. The van der Waals surface area contributed by atoms with Crippen LogP contribution in [-0.4, -0.2) is 50.1 Å². The van der Waals surface area contributed by atoms with Crippen LogP contribution in [0.25, 0.3) is 22.3 Å². The second-order valence-corrected chi connectivity index (χ2v) is 7.15. The number of fused-ring (bicyclic) bond motifs is 1. The molecule has 1 aromatic carbocycles. The van der Waals surface area contributed by atoms with Gasteiger partial charge in [-0.2, -0.15) is 5.10 Å². The van der Waals surface area contributed by atoms with Gasteiger partial charge in [0.05, 0.1) is 17.3 Å². The first kappa shape index (κ1) is 14.7. The van der Waals surface area contributed by atoms with Crippen molar-refractivity contribution in [2.24, 2.45) is 0 Å². The fourth-order valence-corrected chi connectivity index (χ4v) is 3.11. The van der Waals surface area contributed by atoms with Crippen LogP contribution in [0.1, 0.15) is 19.8 Å². The smallest absolute Gasteiger partial charge is 0.132 e. The lowest BCUT2D eigenvalue weighted by Gasteiger charge is -2.36. The van der Waals surface area contributed by atoms with Crippen molar-refractivity contribution in [2.75, 3.05) is 18.0 Å². The van der Waals surface area contributed by atoms with E-state index in [2.05, 4.69) is 27.1 Å². The molecule has 0 amide bonds. The molecular formula is C18H19N5O2. The summed E-state index contributed by atoms with van der Waals surface area (Å²) >= 11 is 0. The summed E-state index contributed by atoms with van der Waals surface area (Å²) < 4.78 is 6.07. The molecule has 2 fully saturated rings. The zero-order chi connectivity index (χ0) is 17.0. The van der Waals surface area contributed by atoms with E-state index in [0.29, 0.717) is 13.1 Å². The molecule has 7 heteroatoms. The highest BCUT2D eigenvalue weighted by Crippen LogP contribution is 2.40. The molecule has 25 heavy (non-hydrogen) atoms. The van der Waals surface area contributed by atoms with Crippen LogP contribution in [0.5, 0.6) is 5.75 Å². The van der Waals surface area contributed by atoms with Crippen LogP contribution in [0.2, 0.25) is 0 Å². The van der Waals surface area contributed by atoms with E-state index in [9.17, 15) is 5.11 Å². The maximum atomic E-state index is 9.49. The zero-order valence-corrected chi connectivity index (χ0v) is 13.9. The van der Waals surface area contributed by atoms with Gasteiger partial charge >= 0.3 is 0 Å². The number of β-amino-alcohol motifs (C(OH)–C–C–N with tert-alkyl or cyclic N) is 1. The van der Waals surface area contributed by atoms with Crippen molar-refractivity contribution >= 4 is 16.7 Å². The third kappa shape index (κ3) is 2.60. The van der Waals surface area contributed by atoms with Gasteiger partial charge in [-0.15, -0.1) is 0 Å². The molecule has 2 N–H and O–H groups in total. The standard InChI is InChI=1S/C18H19N5O2/c1-18(4-5-18)25-12-2-3-14-13(6-12)17(22-21-14)15-7-16(20-10-19-15)23-8-11(24)9-23/h2-3,6-7,10-11,24H,4-5,8-9H2,1H3,(H,21,22). The molecular weight excluding hydrogens is 318 g/mol. The Balaban J connectivity index is 1.51. The minimum atomic E-state index is -0.270. The number of H-pyrrole nitrogens is 1. The van der Waals surface area contributed by atoms with Gasteiger partial charge in [-0.25, -0.2) is 9.97 Å². The van der Waals surface area contributed by atoms with Crippen LogP contribution in [0, 0.1) is 0 Å². The predicted octanol–water partition coefficient (Wildman–Crippen LogP) is 2.13. The number of aromatic amines is 1. The molecule has 7 nitrogen and oxygen atoms in total. The minimum Gasteiger partial charge on any atom is -0.488 e. The topological polar surface area (TPSA) is 87.2 Å². The molecule has 0 bridgehead atoms. The Hall–Kier alpha value is -2.67. The lowest BCUT2D eigenvalue weighted by atomic mass is 10.1. The Bertz CT molecular complexity index is 944. The maximum absolute atomic E-state index is 9.49. The number of benzene rings is 1. The summed E-state index contributed by atoms with van der Waals surface area (Å²) in [6, 6.07) is 7.89. The van der Waals surface area contributed by atoms with E-state index in [4.69, 9.17) is 4.74 Å². The average Bonchev–Trinajstić information content (AvgIpc) is 3.16. The molecule has 0 radical (unpaired) electrons. The highest BCUT2D eigenvalue weighted by atomic mass is 16.5. The fourth-order valence-electron chi connectivity index (χ4n) is 3.11. The van der Waals surface area contributed by atoms with Crippen molar-refractivity contribution in [1.29, 1.82) is 0 Å². The number of hydrogen-bond acceptors (Lipinski definition) is 6. The van der Waals surface area contributed by atoms with Crippen LogP contribution in [-0.2, 0) is 0 Å². The Labute approximate surface area is 144 Å². The molecule has 3 heterocycles. The molecule has 0 unspecified atom stereocenters. The van der Waals surface area contributed by atoms with Crippen molar-refractivity contribution in [2.45, 2.75) is 31.5 Å². The second kappa shape index (κ2) is 5.16. The molecule has 3 aromatic rings. The van der Waals surface area contributed by atoms with E-state index < -0.39 is 0 Å². The molecule has 1 aliphatic carbocycles. The SMILES string of the molecule is CC1(Oc2ccc3[nH]nc(-c4cc(N5CC(O)C5)ncn4)c3c2)CC1. The molecule has 0 spiro atoms. The highest BCUT2D eigenvalue weighted by Gasteiger charge is 2.40. The van der Waals surface area contributed by atoms with Crippen molar-refractivity contribution in [1.82, 2.24) is 20.2 Å². The summed E-state index contributed by atoms with van der Waals surface area (Å²) in [6.07, 6.45) is 3.47. The number of nitrogens with zero attached hydrogens (tertiary/aromatic N) is 4. The van der Waals surface area contributed by atoms with Gasteiger partial charge in [0.2, 0.25) is 0 Å². The largest absolute Gasteiger partial charge is 0.488 e. The minimum absolute atomic E-state index is 0.0159. The van der Waals surface area contributed by atoms with E-state index in [0.717, 1.165) is 46.7 Å². The normalized spacial score (nSPS) is 19.0. The third-order valence-electron chi connectivity index (χ3n) is 4.93. The third-order valence-corrected chi connectivity index (χ3v) is 4.93. The van der Waals surface area contributed by atoms with Crippen LogP contribution < -0.4 is 9.64 Å². The van der Waals surface area contributed by atoms with E-state index in [-0.39, 0.29) is 11.7 Å². The number of hydrogen-bond donors (Lipinski definition) is 2. The summed E-state index contributed by atoms with van der Waals surface area (Å²) in [5.74, 6) is 1.67. The first-order chi connectivity index (χ1) is 12.1. The number of ether oxygens (including phenoxy) is 1. The van der Waals surface area contributed by atoms with Gasteiger partial charge in [0.25, 0.3) is 0 Å². The molecule has 2 aromatic heterocycles. The van der Waals surface area contributed by atoms with E-state index >= 15 is 0 Å². The van der Waals surface area contributed by atoms with Gasteiger partial charge in [0.15, 0.2) is 0 Å². The quantitative estimate of drug-likeness (QED) is 0.758. The van der Waals surface area contributed by atoms with Crippen LogP contribution >= 0.6 is 0 Å². The summed E-state index contributed by atoms with van der Waals surface area (Å²) in [5, 5.41) is 18.0. The lowest BCUT2D eigenvalue weighted by molar-refractivity contribution is 0.141. The first-order valence-corrected chi connectivity index (χ1v) is 8.52. The highest BCUT2D eigenvalue weighted by molar-refractivity contribution is 5.93. The number of aliphatic hydroxyl groups is 1. The average molecular weight is 337 g/mol. The van der Waals surface area contributed by atoms with E-state index in [1.807, 2.05) is 29.2 Å². The van der Waals surface area contributed by atoms with E-state index in [1.54, 1.807) is 6.33 Å². The zero-order valence-electron chi connectivity index (χ0n) is 13.9.